The first-order valence-electron chi connectivity index (χ1n) is 5.91. The molecule has 96 valence electrons. The molecule has 0 saturated heterocycles. The summed E-state index contributed by atoms with van der Waals surface area (Å²) in [6.45, 7) is 5.62. The van der Waals surface area contributed by atoms with Crippen LogP contribution in [0.3, 0.4) is 0 Å². The first-order valence-corrected chi connectivity index (χ1v) is 5.91. The van der Waals surface area contributed by atoms with E-state index in [4.69, 9.17) is 10.5 Å². The van der Waals surface area contributed by atoms with Crippen molar-refractivity contribution >= 4 is 11.4 Å². The SMILES string of the molecule is COCCN(C)CCNc1ccc(C)c(N)c1. The van der Waals surface area contributed by atoms with Crippen LogP contribution in [0.4, 0.5) is 11.4 Å². The minimum atomic E-state index is 0.772. The van der Waals surface area contributed by atoms with Crippen LogP contribution in [0.2, 0.25) is 0 Å². The zero-order valence-electron chi connectivity index (χ0n) is 11.0. The van der Waals surface area contributed by atoms with E-state index in [9.17, 15) is 0 Å². The molecule has 0 heterocycles. The number of rotatable bonds is 7. The van der Waals surface area contributed by atoms with Gasteiger partial charge in [-0.1, -0.05) is 6.07 Å². The Morgan fingerprint density at radius 2 is 2.12 bits per heavy atom. The third-order valence-corrected chi connectivity index (χ3v) is 2.78. The Balaban J connectivity index is 2.28. The quantitative estimate of drug-likeness (QED) is 0.707. The fourth-order valence-electron chi connectivity index (χ4n) is 1.50. The summed E-state index contributed by atoms with van der Waals surface area (Å²) in [6, 6.07) is 6.07. The van der Waals surface area contributed by atoms with Crippen molar-refractivity contribution in [1.29, 1.82) is 0 Å². The topological polar surface area (TPSA) is 50.5 Å². The first kappa shape index (κ1) is 13.8. The summed E-state index contributed by atoms with van der Waals surface area (Å²) >= 11 is 0. The number of ether oxygens (including phenoxy) is 1. The second-order valence-corrected chi connectivity index (χ2v) is 4.29. The van der Waals surface area contributed by atoms with Gasteiger partial charge < -0.3 is 20.7 Å². The number of aryl methyl sites for hydroxylation is 1. The lowest BCUT2D eigenvalue weighted by Gasteiger charge is -2.17. The lowest BCUT2D eigenvalue weighted by molar-refractivity contribution is 0.163. The molecule has 1 rings (SSSR count). The lowest BCUT2D eigenvalue weighted by Crippen LogP contribution is -2.28. The van der Waals surface area contributed by atoms with Gasteiger partial charge in [0.2, 0.25) is 0 Å². The minimum Gasteiger partial charge on any atom is -0.398 e. The van der Waals surface area contributed by atoms with Crippen LogP contribution in [-0.2, 0) is 4.74 Å². The molecule has 0 bridgehead atoms. The number of nitrogens with zero attached hydrogens (tertiary/aromatic N) is 1. The Labute approximate surface area is 104 Å². The molecule has 17 heavy (non-hydrogen) atoms. The van der Waals surface area contributed by atoms with Crippen LogP contribution in [0.25, 0.3) is 0 Å². The molecule has 0 aromatic heterocycles. The van der Waals surface area contributed by atoms with Gasteiger partial charge in [-0.2, -0.15) is 0 Å². The maximum Gasteiger partial charge on any atom is 0.0589 e. The maximum absolute atomic E-state index is 5.85. The molecule has 0 fully saturated rings. The molecule has 1 aromatic rings. The predicted octanol–water partition coefficient (Wildman–Crippen LogP) is 1.57. The second kappa shape index (κ2) is 7.14. The number of benzene rings is 1. The molecule has 0 amide bonds. The molecule has 1 aromatic carbocycles. The van der Waals surface area contributed by atoms with Gasteiger partial charge >= 0.3 is 0 Å². The Morgan fingerprint density at radius 1 is 1.35 bits per heavy atom. The van der Waals surface area contributed by atoms with Gasteiger partial charge in [0.1, 0.15) is 0 Å². The summed E-state index contributed by atoms with van der Waals surface area (Å²) in [6.07, 6.45) is 0. The van der Waals surface area contributed by atoms with Crippen LogP contribution in [0.15, 0.2) is 18.2 Å². The van der Waals surface area contributed by atoms with E-state index in [2.05, 4.69) is 23.3 Å². The van der Waals surface area contributed by atoms with Gasteiger partial charge in [0.25, 0.3) is 0 Å². The van der Waals surface area contributed by atoms with Gasteiger partial charge in [-0.15, -0.1) is 0 Å². The van der Waals surface area contributed by atoms with Crippen molar-refractivity contribution in [3.05, 3.63) is 23.8 Å². The molecule has 4 nitrogen and oxygen atoms in total. The molecule has 0 aliphatic rings. The number of methoxy groups -OCH3 is 1. The standard InChI is InChI=1S/C13H23N3O/c1-11-4-5-12(10-13(11)14)15-6-7-16(2)8-9-17-3/h4-5,10,15H,6-9,14H2,1-3H3. The van der Waals surface area contributed by atoms with Crippen LogP contribution in [0, 0.1) is 6.92 Å². The number of nitrogens with one attached hydrogen (secondary N) is 1. The Hall–Kier alpha value is -1.26. The molecule has 0 saturated carbocycles. The van der Waals surface area contributed by atoms with Crippen LogP contribution in [0.5, 0.6) is 0 Å². The van der Waals surface area contributed by atoms with E-state index >= 15 is 0 Å². The third-order valence-electron chi connectivity index (χ3n) is 2.78. The van der Waals surface area contributed by atoms with Crippen molar-refractivity contribution in [2.45, 2.75) is 6.92 Å². The van der Waals surface area contributed by atoms with E-state index in [1.54, 1.807) is 7.11 Å². The third kappa shape index (κ3) is 5.06. The van der Waals surface area contributed by atoms with Crippen molar-refractivity contribution in [3.63, 3.8) is 0 Å². The van der Waals surface area contributed by atoms with Gasteiger partial charge in [-0.05, 0) is 31.7 Å². The zero-order valence-corrected chi connectivity index (χ0v) is 11.0. The Bertz CT molecular complexity index is 341. The first-order chi connectivity index (χ1) is 8.13. The molecule has 0 radical (unpaired) electrons. The van der Waals surface area contributed by atoms with E-state index < -0.39 is 0 Å². The highest BCUT2D eigenvalue weighted by Gasteiger charge is 1.99. The van der Waals surface area contributed by atoms with E-state index in [1.807, 2.05) is 19.1 Å². The van der Waals surface area contributed by atoms with Crippen molar-refractivity contribution in [3.8, 4) is 0 Å². The summed E-state index contributed by atoms with van der Waals surface area (Å²) in [7, 11) is 3.81. The normalized spacial score (nSPS) is 10.8. The molecule has 4 heteroatoms. The highest BCUT2D eigenvalue weighted by Crippen LogP contribution is 2.16. The molecular weight excluding hydrogens is 214 g/mol. The summed E-state index contributed by atoms with van der Waals surface area (Å²) in [4.78, 5) is 2.23. The Morgan fingerprint density at radius 3 is 2.76 bits per heavy atom. The molecule has 0 unspecified atom stereocenters. The number of anilines is 2. The summed E-state index contributed by atoms with van der Waals surface area (Å²) < 4.78 is 5.03. The molecule has 0 aliphatic carbocycles. The van der Waals surface area contributed by atoms with Crippen LogP contribution >= 0.6 is 0 Å². The highest BCUT2D eigenvalue weighted by atomic mass is 16.5. The van der Waals surface area contributed by atoms with E-state index in [-0.39, 0.29) is 0 Å². The molecule has 0 aliphatic heterocycles. The Kier molecular flexibility index (Phi) is 5.80. The fourth-order valence-corrected chi connectivity index (χ4v) is 1.50. The van der Waals surface area contributed by atoms with E-state index in [0.29, 0.717) is 0 Å². The monoisotopic (exact) mass is 237 g/mol. The van der Waals surface area contributed by atoms with Crippen molar-refractivity contribution in [2.24, 2.45) is 0 Å². The maximum atomic E-state index is 5.85. The number of nitrogens with two attached hydrogens (primary N) is 1. The van der Waals surface area contributed by atoms with Crippen LogP contribution < -0.4 is 11.1 Å². The smallest absolute Gasteiger partial charge is 0.0589 e. The summed E-state index contributed by atoms with van der Waals surface area (Å²) in [5.41, 5.74) is 8.88. The number of likely N-dealkylation sites (N-methyl/N-ethyl adjacent to an activating group) is 1. The fraction of sp³-hybridized carbons (Fsp3) is 0.538. The van der Waals surface area contributed by atoms with Crippen molar-refractivity contribution in [2.75, 3.05) is 51.4 Å². The largest absolute Gasteiger partial charge is 0.398 e. The van der Waals surface area contributed by atoms with E-state index in [1.165, 1.54) is 0 Å². The molecule has 3 N–H and O–H groups in total. The van der Waals surface area contributed by atoms with Gasteiger partial charge in [0.05, 0.1) is 6.61 Å². The number of nitrogen functional groups attached to an aromatic ring is 1. The van der Waals surface area contributed by atoms with Crippen LogP contribution in [-0.4, -0.2) is 45.3 Å². The minimum absolute atomic E-state index is 0.772. The average molecular weight is 237 g/mol. The van der Waals surface area contributed by atoms with E-state index in [0.717, 1.165) is 43.2 Å². The molecule has 0 spiro atoms. The lowest BCUT2D eigenvalue weighted by atomic mass is 10.2. The second-order valence-electron chi connectivity index (χ2n) is 4.29. The predicted molar refractivity (Wildman–Crippen MR) is 73.5 cm³/mol. The average Bonchev–Trinajstić information content (AvgIpc) is 2.31. The number of hydrogen-bond acceptors (Lipinski definition) is 4. The van der Waals surface area contributed by atoms with Crippen LogP contribution in [0.1, 0.15) is 5.56 Å². The molecular formula is C13H23N3O. The van der Waals surface area contributed by atoms with Gasteiger partial charge in [0, 0.05) is 38.1 Å². The van der Waals surface area contributed by atoms with Crippen molar-refractivity contribution in [1.82, 2.24) is 4.90 Å². The molecule has 0 atom stereocenters. The van der Waals surface area contributed by atoms with Crippen molar-refractivity contribution < 1.29 is 4.74 Å². The summed E-state index contributed by atoms with van der Waals surface area (Å²) in [5.74, 6) is 0. The van der Waals surface area contributed by atoms with Gasteiger partial charge in [0.15, 0.2) is 0 Å². The number of hydrogen-bond donors (Lipinski definition) is 2. The van der Waals surface area contributed by atoms with Gasteiger partial charge in [-0.3, -0.25) is 0 Å². The zero-order chi connectivity index (χ0) is 12.7. The summed E-state index contributed by atoms with van der Waals surface area (Å²) in [5, 5.41) is 3.36. The highest BCUT2D eigenvalue weighted by molar-refractivity contribution is 5.58. The van der Waals surface area contributed by atoms with Gasteiger partial charge in [-0.25, -0.2) is 0 Å².